The smallest absolute Gasteiger partial charge is 0.274 e. The standard InChI is InChI=1S/C19H20N2O4.C16H22N2O5/c1-12-4-3-5-13(2)17(12)19(23)21-8-9-25-16-10-14(18(22)20-24)6-7-15(16)11-21;1-16(2,10-22-3)15(20)18-6-7-23-13-8-11(14(19)17-21)4-5-12(13)9-18/h3-7,10,24H,8-9,11H2,1-2H3,(H,20,22);4-5,8,21H,6-7,9-10H2,1-3H3,(H,17,19). The summed E-state index contributed by atoms with van der Waals surface area (Å²) in [5, 5.41) is 17.4. The molecule has 0 spiro atoms. The molecule has 0 unspecified atom stereocenters. The number of carbonyl (C=O) groups excluding carboxylic acids is 4. The summed E-state index contributed by atoms with van der Waals surface area (Å²) in [7, 11) is 1.57. The molecule has 5 rings (SSSR count). The Morgan fingerprint density at radius 1 is 0.792 bits per heavy atom. The average Bonchev–Trinajstić information content (AvgIpc) is 3.43. The van der Waals surface area contributed by atoms with Gasteiger partial charge in [0, 0.05) is 48.0 Å². The van der Waals surface area contributed by atoms with Gasteiger partial charge < -0.3 is 24.0 Å². The lowest BCUT2D eigenvalue weighted by Crippen LogP contribution is -2.43. The summed E-state index contributed by atoms with van der Waals surface area (Å²) < 4.78 is 16.5. The molecule has 2 aliphatic rings. The molecule has 0 atom stereocenters. The molecular formula is C35H42N4O9. The van der Waals surface area contributed by atoms with Gasteiger partial charge in [-0.05, 0) is 63.1 Å². The molecule has 0 aromatic heterocycles. The Hall–Kier alpha value is -4.98. The van der Waals surface area contributed by atoms with E-state index in [1.807, 2.05) is 45.9 Å². The quantitative estimate of drug-likeness (QED) is 0.228. The van der Waals surface area contributed by atoms with Crippen LogP contribution in [0.3, 0.4) is 0 Å². The maximum Gasteiger partial charge on any atom is 0.274 e. The third-order valence-electron chi connectivity index (χ3n) is 8.18. The van der Waals surface area contributed by atoms with Crippen LogP contribution in [0.4, 0.5) is 0 Å². The summed E-state index contributed by atoms with van der Waals surface area (Å²) in [6.07, 6.45) is 0. The van der Waals surface area contributed by atoms with Crippen LogP contribution in [-0.2, 0) is 22.6 Å². The average molecular weight is 663 g/mol. The van der Waals surface area contributed by atoms with Gasteiger partial charge in [0.05, 0.1) is 25.1 Å². The van der Waals surface area contributed by atoms with Crippen molar-refractivity contribution in [2.45, 2.75) is 40.8 Å². The van der Waals surface area contributed by atoms with Gasteiger partial charge >= 0.3 is 0 Å². The van der Waals surface area contributed by atoms with Crippen molar-refractivity contribution in [1.29, 1.82) is 0 Å². The van der Waals surface area contributed by atoms with E-state index >= 15 is 0 Å². The molecule has 0 saturated carbocycles. The Morgan fingerprint density at radius 3 is 1.75 bits per heavy atom. The van der Waals surface area contributed by atoms with Crippen LogP contribution >= 0.6 is 0 Å². The normalized spacial score (nSPS) is 14.0. The van der Waals surface area contributed by atoms with E-state index in [0.717, 1.165) is 27.8 Å². The van der Waals surface area contributed by atoms with Crippen LogP contribution in [0.1, 0.15) is 67.2 Å². The van der Waals surface area contributed by atoms with Gasteiger partial charge in [0.25, 0.3) is 17.7 Å². The number of hydrogen-bond donors (Lipinski definition) is 4. The zero-order valence-electron chi connectivity index (χ0n) is 27.8. The minimum Gasteiger partial charge on any atom is -0.491 e. The summed E-state index contributed by atoms with van der Waals surface area (Å²) in [5.74, 6) is -0.130. The zero-order valence-corrected chi connectivity index (χ0v) is 27.8. The fourth-order valence-corrected chi connectivity index (χ4v) is 5.66. The second-order valence-electron chi connectivity index (χ2n) is 12.3. The molecule has 48 heavy (non-hydrogen) atoms. The fourth-order valence-electron chi connectivity index (χ4n) is 5.66. The van der Waals surface area contributed by atoms with E-state index in [1.165, 1.54) is 0 Å². The van der Waals surface area contributed by atoms with Crippen molar-refractivity contribution in [3.8, 4) is 11.5 Å². The lowest BCUT2D eigenvalue weighted by atomic mass is 9.92. The number of hydrogen-bond acceptors (Lipinski definition) is 9. The molecule has 3 aromatic rings. The Kier molecular flexibility index (Phi) is 11.8. The van der Waals surface area contributed by atoms with Crippen molar-refractivity contribution in [3.63, 3.8) is 0 Å². The summed E-state index contributed by atoms with van der Waals surface area (Å²) in [6, 6.07) is 15.6. The van der Waals surface area contributed by atoms with Crippen LogP contribution in [-0.4, -0.2) is 83.9 Å². The highest BCUT2D eigenvalue weighted by atomic mass is 16.5. The maximum absolute atomic E-state index is 13.0. The Bertz CT molecular complexity index is 1650. The number of ether oxygens (including phenoxy) is 3. The first-order valence-electron chi connectivity index (χ1n) is 15.4. The SMILES string of the molecule is COCC(C)(C)C(=O)N1CCOc2cc(C(=O)NO)ccc2C1.Cc1cccc(C)c1C(=O)N1CCOc2cc(C(=O)NO)ccc2C1. The Balaban J connectivity index is 0.000000218. The number of hydroxylamine groups is 2. The first kappa shape index (κ1) is 35.9. The maximum atomic E-state index is 13.0. The van der Waals surface area contributed by atoms with Crippen molar-refractivity contribution in [2.24, 2.45) is 5.41 Å². The molecule has 2 aliphatic heterocycles. The third-order valence-corrected chi connectivity index (χ3v) is 8.18. The first-order valence-corrected chi connectivity index (χ1v) is 15.4. The molecule has 13 heteroatoms. The van der Waals surface area contributed by atoms with E-state index in [0.29, 0.717) is 68.6 Å². The second-order valence-corrected chi connectivity index (χ2v) is 12.3. The fraction of sp³-hybridized carbons (Fsp3) is 0.371. The third kappa shape index (κ3) is 8.29. The van der Waals surface area contributed by atoms with Crippen molar-refractivity contribution in [2.75, 3.05) is 40.0 Å². The van der Waals surface area contributed by atoms with Gasteiger partial charge in [-0.2, -0.15) is 0 Å². The molecule has 0 saturated heterocycles. The lowest BCUT2D eigenvalue weighted by Gasteiger charge is -2.30. The van der Waals surface area contributed by atoms with Crippen molar-refractivity contribution in [1.82, 2.24) is 20.8 Å². The number of fused-ring (bicyclic) bond motifs is 2. The lowest BCUT2D eigenvalue weighted by molar-refractivity contribution is -0.143. The molecule has 13 nitrogen and oxygen atoms in total. The predicted octanol–water partition coefficient (Wildman–Crippen LogP) is 3.66. The van der Waals surface area contributed by atoms with E-state index in [4.69, 9.17) is 24.6 Å². The minimum atomic E-state index is -0.615. The van der Waals surface area contributed by atoms with E-state index in [-0.39, 0.29) is 11.8 Å². The summed E-state index contributed by atoms with van der Waals surface area (Å²) in [4.78, 5) is 52.2. The van der Waals surface area contributed by atoms with Crippen molar-refractivity contribution < 1.29 is 43.8 Å². The number of amides is 4. The van der Waals surface area contributed by atoms with Crippen LogP contribution in [0.25, 0.3) is 0 Å². The van der Waals surface area contributed by atoms with E-state index in [1.54, 1.807) is 64.3 Å². The van der Waals surface area contributed by atoms with E-state index < -0.39 is 17.2 Å². The Labute approximate surface area is 279 Å². The molecule has 2 heterocycles. The van der Waals surface area contributed by atoms with Gasteiger partial charge in [0.2, 0.25) is 5.91 Å². The second kappa shape index (κ2) is 15.7. The molecule has 3 aromatic carbocycles. The van der Waals surface area contributed by atoms with Gasteiger partial charge in [-0.1, -0.05) is 30.3 Å². The topological polar surface area (TPSA) is 167 Å². The summed E-state index contributed by atoms with van der Waals surface area (Å²) in [5.41, 5.74) is 7.45. The van der Waals surface area contributed by atoms with Crippen LogP contribution in [0.15, 0.2) is 54.6 Å². The number of methoxy groups -OCH3 is 1. The molecule has 4 N–H and O–H groups in total. The number of carbonyl (C=O) groups is 4. The highest BCUT2D eigenvalue weighted by Crippen LogP contribution is 2.29. The van der Waals surface area contributed by atoms with Gasteiger partial charge in [-0.3, -0.25) is 29.6 Å². The van der Waals surface area contributed by atoms with Crippen LogP contribution in [0, 0.1) is 19.3 Å². The number of aryl methyl sites for hydroxylation is 2. The van der Waals surface area contributed by atoms with Gasteiger partial charge in [0.15, 0.2) is 0 Å². The Morgan fingerprint density at radius 2 is 1.27 bits per heavy atom. The van der Waals surface area contributed by atoms with Crippen LogP contribution in [0.2, 0.25) is 0 Å². The minimum absolute atomic E-state index is 0.00650. The molecule has 0 fully saturated rings. The molecule has 0 bridgehead atoms. The molecule has 0 radical (unpaired) electrons. The molecular weight excluding hydrogens is 620 g/mol. The molecule has 256 valence electrons. The van der Waals surface area contributed by atoms with Gasteiger partial charge in [0.1, 0.15) is 24.7 Å². The molecule has 4 amide bonds. The number of benzene rings is 3. The predicted molar refractivity (Wildman–Crippen MR) is 174 cm³/mol. The summed E-state index contributed by atoms with van der Waals surface area (Å²) >= 11 is 0. The monoisotopic (exact) mass is 662 g/mol. The first-order chi connectivity index (χ1) is 22.9. The highest BCUT2D eigenvalue weighted by Gasteiger charge is 2.33. The van der Waals surface area contributed by atoms with Gasteiger partial charge in [-0.15, -0.1) is 0 Å². The largest absolute Gasteiger partial charge is 0.491 e. The van der Waals surface area contributed by atoms with Crippen LogP contribution in [0.5, 0.6) is 11.5 Å². The zero-order chi connectivity index (χ0) is 35.0. The molecule has 0 aliphatic carbocycles. The van der Waals surface area contributed by atoms with Gasteiger partial charge in [-0.25, -0.2) is 11.0 Å². The van der Waals surface area contributed by atoms with Crippen LogP contribution < -0.4 is 20.4 Å². The van der Waals surface area contributed by atoms with Crippen molar-refractivity contribution >= 4 is 23.6 Å². The van der Waals surface area contributed by atoms with Crippen molar-refractivity contribution in [3.05, 3.63) is 93.5 Å². The summed E-state index contributed by atoms with van der Waals surface area (Å²) in [6.45, 7) is 10.3. The van der Waals surface area contributed by atoms with E-state index in [2.05, 4.69) is 0 Å². The number of nitrogens with one attached hydrogen (secondary N) is 2. The number of rotatable bonds is 6. The number of nitrogens with zero attached hydrogens (tertiary/aromatic N) is 2. The highest BCUT2D eigenvalue weighted by molar-refractivity contribution is 5.97. The van der Waals surface area contributed by atoms with E-state index in [9.17, 15) is 19.2 Å².